The molecule has 0 aromatic heterocycles. The third kappa shape index (κ3) is 4.21. The molecule has 1 aliphatic rings. The van der Waals surface area contributed by atoms with Crippen LogP contribution in [0.1, 0.15) is 46.8 Å². The van der Waals surface area contributed by atoms with Gasteiger partial charge in [-0.15, -0.1) is 0 Å². The van der Waals surface area contributed by atoms with Crippen molar-refractivity contribution in [3.05, 3.63) is 89.1 Å². The molecule has 3 aromatic carbocycles. The van der Waals surface area contributed by atoms with E-state index in [1.165, 1.54) is 17.7 Å². The van der Waals surface area contributed by atoms with E-state index in [2.05, 4.69) is 36.6 Å². The van der Waals surface area contributed by atoms with Crippen LogP contribution in [-0.4, -0.2) is 22.0 Å². The molecule has 6 nitrogen and oxygen atoms in total. The Morgan fingerprint density at radius 2 is 1.66 bits per heavy atom. The summed E-state index contributed by atoms with van der Waals surface area (Å²) in [6, 6.07) is 18.2. The zero-order valence-corrected chi connectivity index (χ0v) is 17.8. The summed E-state index contributed by atoms with van der Waals surface area (Å²) < 4.78 is 0. The number of phenolic OH excluding ortho intramolecular Hbond substituents is 2. The highest BCUT2D eigenvalue weighted by Crippen LogP contribution is 2.31. The fourth-order valence-corrected chi connectivity index (χ4v) is 3.68. The Bertz CT molecular complexity index is 1240. The number of benzene rings is 3. The molecule has 1 aliphatic heterocycles. The Labute approximate surface area is 186 Å². The highest BCUT2D eigenvalue weighted by atomic mass is 16.3. The maximum atomic E-state index is 12.6. The summed E-state index contributed by atoms with van der Waals surface area (Å²) in [6.45, 7) is 4.59. The average Bonchev–Trinajstić information content (AvgIpc) is 2.78. The van der Waals surface area contributed by atoms with Crippen LogP contribution in [0.2, 0.25) is 0 Å². The molecule has 0 radical (unpaired) electrons. The number of hydrogen-bond donors (Lipinski definition) is 4. The van der Waals surface area contributed by atoms with Gasteiger partial charge in [-0.2, -0.15) is 0 Å². The number of imide groups is 1. The Morgan fingerprint density at radius 1 is 0.875 bits per heavy atom. The van der Waals surface area contributed by atoms with Crippen LogP contribution >= 0.6 is 0 Å². The van der Waals surface area contributed by atoms with Crippen LogP contribution in [0.3, 0.4) is 0 Å². The molecule has 2 amide bonds. The fourth-order valence-electron chi connectivity index (χ4n) is 3.68. The first-order valence-electron chi connectivity index (χ1n) is 10.4. The molecule has 0 aliphatic carbocycles. The maximum Gasteiger partial charge on any atom is 0.260 e. The number of amides is 2. The SMILES string of the molecule is CC(C)c1cccc(-c2ccc3c(c2)/C(=C\NCc2ccc(O)c(O)c2)C(=O)NC3=O)c1. The van der Waals surface area contributed by atoms with Crippen molar-refractivity contribution in [3.63, 3.8) is 0 Å². The monoisotopic (exact) mass is 428 g/mol. The fraction of sp³-hybridized carbons (Fsp3) is 0.154. The average molecular weight is 428 g/mol. The minimum atomic E-state index is -0.475. The predicted octanol–water partition coefficient (Wildman–Crippen LogP) is 4.29. The first kappa shape index (κ1) is 21.2. The van der Waals surface area contributed by atoms with E-state index in [0.717, 1.165) is 16.7 Å². The van der Waals surface area contributed by atoms with E-state index >= 15 is 0 Å². The largest absolute Gasteiger partial charge is 0.504 e. The number of hydrogen-bond acceptors (Lipinski definition) is 5. The van der Waals surface area contributed by atoms with Crippen molar-refractivity contribution in [1.82, 2.24) is 10.6 Å². The lowest BCUT2D eigenvalue weighted by Crippen LogP contribution is -2.37. The molecule has 4 rings (SSSR count). The minimum Gasteiger partial charge on any atom is -0.504 e. The zero-order valence-electron chi connectivity index (χ0n) is 17.8. The van der Waals surface area contributed by atoms with Gasteiger partial charge in [-0.05, 0) is 52.4 Å². The Morgan fingerprint density at radius 3 is 2.41 bits per heavy atom. The third-order valence-electron chi connectivity index (χ3n) is 5.51. The molecule has 0 fully saturated rings. The van der Waals surface area contributed by atoms with Crippen LogP contribution in [0.25, 0.3) is 16.7 Å². The molecule has 0 atom stereocenters. The van der Waals surface area contributed by atoms with E-state index in [1.807, 2.05) is 24.3 Å². The van der Waals surface area contributed by atoms with E-state index in [1.54, 1.807) is 18.3 Å². The second-order valence-corrected chi connectivity index (χ2v) is 8.09. The van der Waals surface area contributed by atoms with Gasteiger partial charge in [0, 0.05) is 23.9 Å². The van der Waals surface area contributed by atoms with Crippen molar-refractivity contribution in [2.45, 2.75) is 26.3 Å². The van der Waals surface area contributed by atoms with Gasteiger partial charge < -0.3 is 15.5 Å². The molecule has 0 saturated heterocycles. The number of rotatable bonds is 5. The molecule has 6 heteroatoms. The summed E-state index contributed by atoms with van der Waals surface area (Å²) in [5, 5.41) is 24.5. The van der Waals surface area contributed by atoms with Crippen molar-refractivity contribution >= 4 is 17.4 Å². The summed E-state index contributed by atoms with van der Waals surface area (Å²) in [7, 11) is 0. The highest BCUT2D eigenvalue weighted by molar-refractivity contribution is 6.31. The number of aromatic hydroxyl groups is 2. The molecule has 0 bridgehead atoms. The highest BCUT2D eigenvalue weighted by Gasteiger charge is 2.27. The molecule has 162 valence electrons. The van der Waals surface area contributed by atoms with Crippen molar-refractivity contribution < 1.29 is 19.8 Å². The zero-order chi connectivity index (χ0) is 22.8. The number of carbonyl (C=O) groups is 2. The van der Waals surface area contributed by atoms with Gasteiger partial charge in [0.25, 0.3) is 11.8 Å². The van der Waals surface area contributed by atoms with Crippen LogP contribution in [0, 0.1) is 0 Å². The molecule has 32 heavy (non-hydrogen) atoms. The normalized spacial score (nSPS) is 14.4. The van der Waals surface area contributed by atoms with Gasteiger partial charge in [0.05, 0.1) is 5.57 Å². The van der Waals surface area contributed by atoms with E-state index in [-0.39, 0.29) is 11.5 Å². The Hall–Kier alpha value is -4.06. The molecule has 0 unspecified atom stereocenters. The minimum absolute atomic E-state index is 0.194. The third-order valence-corrected chi connectivity index (χ3v) is 5.51. The standard InChI is InChI=1S/C26H24N2O4/c1-15(2)17-4-3-5-18(11-17)19-7-8-20-21(12-19)22(26(32)28-25(20)31)14-27-13-16-6-9-23(29)24(30)10-16/h3-12,14-15,27,29-30H,13H2,1-2H3,(H,28,31,32)/b22-14+. The van der Waals surface area contributed by atoms with Crippen LogP contribution < -0.4 is 10.6 Å². The van der Waals surface area contributed by atoms with Crippen molar-refractivity contribution in [2.75, 3.05) is 0 Å². The quantitative estimate of drug-likeness (QED) is 0.276. The van der Waals surface area contributed by atoms with Gasteiger partial charge in [0.2, 0.25) is 0 Å². The number of phenols is 2. The summed E-state index contributed by atoms with van der Waals surface area (Å²) >= 11 is 0. The van der Waals surface area contributed by atoms with E-state index in [9.17, 15) is 19.8 Å². The van der Waals surface area contributed by atoms with Crippen molar-refractivity contribution in [3.8, 4) is 22.6 Å². The second kappa shape index (κ2) is 8.59. The van der Waals surface area contributed by atoms with Crippen molar-refractivity contribution in [2.24, 2.45) is 0 Å². The predicted molar refractivity (Wildman–Crippen MR) is 123 cm³/mol. The molecule has 1 heterocycles. The summed E-state index contributed by atoms with van der Waals surface area (Å²) in [5.41, 5.74) is 5.22. The Balaban J connectivity index is 1.67. The molecular formula is C26H24N2O4. The lowest BCUT2D eigenvalue weighted by molar-refractivity contribution is -0.114. The first-order chi connectivity index (χ1) is 15.3. The molecule has 4 N–H and O–H groups in total. The maximum absolute atomic E-state index is 12.6. The van der Waals surface area contributed by atoms with Crippen LogP contribution in [0.5, 0.6) is 11.5 Å². The number of fused-ring (bicyclic) bond motifs is 1. The van der Waals surface area contributed by atoms with Gasteiger partial charge in [-0.1, -0.05) is 50.2 Å². The van der Waals surface area contributed by atoms with Gasteiger partial charge in [0.1, 0.15) is 0 Å². The van der Waals surface area contributed by atoms with Crippen LogP contribution in [0.4, 0.5) is 0 Å². The topological polar surface area (TPSA) is 98.7 Å². The smallest absolute Gasteiger partial charge is 0.260 e. The van der Waals surface area contributed by atoms with Crippen LogP contribution in [0.15, 0.2) is 66.9 Å². The lowest BCUT2D eigenvalue weighted by Gasteiger charge is -2.20. The van der Waals surface area contributed by atoms with Crippen molar-refractivity contribution in [1.29, 1.82) is 0 Å². The molecule has 0 spiro atoms. The molecular weight excluding hydrogens is 404 g/mol. The first-order valence-corrected chi connectivity index (χ1v) is 10.4. The second-order valence-electron chi connectivity index (χ2n) is 8.09. The van der Waals surface area contributed by atoms with Gasteiger partial charge in [0.15, 0.2) is 11.5 Å². The summed E-state index contributed by atoms with van der Waals surface area (Å²) in [4.78, 5) is 25.0. The lowest BCUT2D eigenvalue weighted by atomic mass is 9.90. The number of nitrogens with one attached hydrogen (secondary N) is 2. The summed E-state index contributed by atoms with van der Waals surface area (Å²) in [5.74, 6) is -0.916. The van der Waals surface area contributed by atoms with E-state index in [4.69, 9.17) is 0 Å². The van der Waals surface area contributed by atoms with Gasteiger partial charge in [-0.3, -0.25) is 14.9 Å². The van der Waals surface area contributed by atoms with Gasteiger partial charge in [-0.25, -0.2) is 0 Å². The van der Waals surface area contributed by atoms with Crippen LogP contribution in [-0.2, 0) is 11.3 Å². The molecule has 0 saturated carbocycles. The summed E-state index contributed by atoms with van der Waals surface area (Å²) in [6.07, 6.45) is 1.57. The van der Waals surface area contributed by atoms with E-state index in [0.29, 0.717) is 29.2 Å². The molecule has 3 aromatic rings. The number of carbonyl (C=O) groups excluding carboxylic acids is 2. The Kier molecular flexibility index (Phi) is 5.69. The van der Waals surface area contributed by atoms with Gasteiger partial charge >= 0.3 is 0 Å². The van der Waals surface area contributed by atoms with E-state index < -0.39 is 11.8 Å².